The average Bonchev–Trinajstić information content (AvgIpc) is 3.39. The van der Waals surface area contributed by atoms with Crippen molar-refractivity contribution in [3.05, 3.63) is 35.2 Å². The molecule has 1 atom stereocenters. The summed E-state index contributed by atoms with van der Waals surface area (Å²) in [5.41, 5.74) is 2.16. The smallest absolute Gasteiger partial charge is 0.208 e. The molecule has 0 bridgehead atoms. The first-order valence-corrected chi connectivity index (χ1v) is 11.9. The number of rotatable bonds is 4. The van der Waals surface area contributed by atoms with Crippen molar-refractivity contribution in [2.24, 2.45) is 0 Å². The molecule has 3 aromatic heterocycles. The Morgan fingerprint density at radius 3 is 2.90 bits per heavy atom. The van der Waals surface area contributed by atoms with Gasteiger partial charge in [-0.1, -0.05) is 43.0 Å². The molecule has 6 nitrogen and oxygen atoms in total. The summed E-state index contributed by atoms with van der Waals surface area (Å²) in [6, 6.07) is 8.09. The number of aromatic nitrogens is 5. The molecule has 8 heteroatoms. The third-order valence-corrected chi connectivity index (χ3v) is 6.58. The number of nitrogens with zero attached hydrogens (tertiary/aromatic N) is 5. The Hall–Kier alpha value is -2.53. The van der Waals surface area contributed by atoms with E-state index in [1.165, 1.54) is 0 Å². The van der Waals surface area contributed by atoms with Gasteiger partial charge in [0.25, 0.3) is 0 Å². The highest BCUT2D eigenvalue weighted by Gasteiger charge is 2.27. The Morgan fingerprint density at radius 2 is 2.10 bits per heavy atom. The summed E-state index contributed by atoms with van der Waals surface area (Å²) < 4.78 is 9.27. The van der Waals surface area contributed by atoms with Gasteiger partial charge in [-0.3, -0.25) is 4.57 Å². The van der Waals surface area contributed by atoms with Gasteiger partial charge in [0.05, 0.1) is 10.2 Å². The average molecular weight is 452 g/mol. The summed E-state index contributed by atoms with van der Waals surface area (Å²) >= 11 is 8.14. The zero-order valence-corrected chi connectivity index (χ0v) is 18.8. The lowest BCUT2D eigenvalue weighted by molar-refractivity contribution is -0.0287. The number of unbranched alkanes of at least 4 members (excludes halogenated alkanes) is 2. The third-order valence-electron chi connectivity index (χ3n) is 5.28. The molecule has 0 spiro atoms. The van der Waals surface area contributed by atoms with E-state index in [1.54, 1.807) is 11.3 Å². The summed E-state index contributed by atoms with van der Waals surface area (Å²) in [5.74, 6) is 7.34. The van der Waals surface area contributed by atoms with Crippen molar-refractivity contribution in [1.29, 1.82) is 0 Å². The van der Waals surface area contributed by atoms with E-state index in [2.05, 4.69) is 29.8 Å². The highest BCUT2D eigenvalue weighted by Crippen LogP contribution is 2.37. The lowest BCUT2D eigenvalue weighted by Gasteiger charge is -2.25. The van der Waals surface area contributed by atoms with Crippen molar-refractivity contribution in [1.82, 2.24) is 24.5 Å². The molecular formula is C23H22ClN5OS. The fraction of sp³-hybridized carbons (Fsp3) is 0.391. The summed E-state index contributed by atoms with van der Waals surface area (Å²) in [6.07, 6.45) is 5.86. The van der Waals surface area contributed by atoms with Crippen LogP contribution < -0.4 is 0 Å². The van der Waals surface area contributed by atoms with Gasteiger partial charge < -0.3 is 4.74 Å². The van der Waals surface area contributed by atoms with E-state index >= 15 is 0 Å². The largest absolute Gasteiger partial charge is 0.358 e. The van der Waals surface area contributed by atoms with Crippen molar-refractivity contribution < 1.29 is 4.74 Å². The van der Waals surface area contributed by atoms with Crippen LogP contribution in [0.4, 0.5) is 0 Å². The van der Waals surface area contributed by atoms with Crippen molar-refractivity contribution in [3.63, 3.8) is 0 Å². The predicted octanol–water partition coefficient (Wildman–Crippen LogP) is 6.00. The monoisotopic (exact) mass is 451 g/mol. The van der Waals surface area contributed by atoms with Crippen molar-refractivity contribution in [3.8, 4) is 22.7 Å². The van der Waals surface area contributed by atoms with Gasteiger partial charge in [-0.05, 0) is 43.7 Å². The van der Waals surface area contributed by atoms with Crippen molar-refractivity contribution in [2.75, 3.05) is 6.61 Å². The van der Waals surface area contributed by atoms with Gasteiger partial charge in [0, 0.05) is 13.0 Å². The first kappa shape index (κ1) is 20.4. The van der Waals surface area contributed by atoms with E-state index in [4.69, 9.17) is 31.3 Å². The van der Waals surface area contributed by atoms with Gasteiger partial charge in [-0.2, -0.15) is 0 Å². The van der Waals surface area contributed by atoms with Gasteiger partial charge >= 0.3 is 0 Å². The van der Waals surface area contributed by atoms with Crippen LogP contribution in [0.1, 0.15) is 57.5 Å². The molecule has 31 heavy (non-hydrogen) atoms. The number of imidazole rings is 1. The summed E-state index contributed by atoms with van der Waals surface area (Å²) in [5, 5.41) is 1.13. The molecule has 0 radical (unpaired) electrons. The Bertz CT molecular complexity index is 1260. The molecule has 0 amide bonds. The number of thiazole rings is 1. The first-order chi connectivity index (χ1) is 15.2. The molecule has 1 fully saturated rings. The SMILES string of the molecule is CCCCC#Cc1nc(Cl)c2nc(-c3nc4ccccc4s3)n(C3CCCCO3)c2n1. The number of benzene rings is 1. The predicted molar refractivity (Wildman–Crippen MR) is 124 cm³/mol. The van der Waals surface area contributed by atoms with E-state index in [0.29, 0.717) is 28.7 Å². The van der Waals surface area contributed by atoms with E-state index < -0.39 is 0 Å². The van der Waals surface area contributed by atoms with E-state index in [1.807, 2.05) is 22.8 Å². The molecule has 4 heterocycles. The van der Waals surface area contributed by atoms with Crippen LogP contribution >= 0.6 is 22.9 Å². The topological polar surface area (TPSA) is 65.7 Å². The summed E-state index contributed by atoms with van der Waals surface area (Å²) in [7, 11) is 0. The normalized spacial score (nSPS) is 16.5. The van der Waals surface area contributed by atoms with Gasteiger partial charge in [-0.25, -0.2) is 19.9 Å². The second kappa shape index (κ2) is 8.91. The fourth-order valence-electron chi connectivity index (χ4n) is 3.72. The van der Waals surface area contributed by atoms with Gasteiger partial charge in [0.1, 0.15) is 11.7 Å². The van der Waals surface area contributed by atoms with Crippen LogP contribution in [0.15, 0.2) is 24.3 Å². The van der Waals surface area contributed by atoms with Gasteiger partial charge in [0.2, 0.25) is 5.82 Å². The second-order valence-electron chi connectivity index (χ2n) is 7.53. The van der Waals surface area contributed by atoms with Crippen LogP contribution in [0.3, 0.4) is 0 Å². The standard InChI is InChI=1S/C23H22ClN5OS/c1-2-3-4-5-12-17-26-20(24)19-21(27-17)29(18-13-8-9-14-30-18)22(28-19)23-25-15-10-6-7-11-16(15)31-23/h6-7,10-11,18H,2-4,8-9,13-14H2,1H3. The molecule has 4 aromatic rings. The second-order valence-corrected chi connectivity index (χ2v) is 8.92. The van der Waals surface area contributed by atoms with Crippen LogP contribution in [0, 0.1) is 11.8 Å². The number of ether oxygens (including phenoxy) is 1. The van der Waals surface area contributed by atoms with Crippen LogP contribution in [-0.2, 0) is 4.74 Å². The number of para-hydroxylation sites is 1. The Balaban J connectivity index is 1.68. The molecule has 158 valence electrons. The number of hydrogen-bond donors (Lipinski definition) is 0. The molecule has 0 saturated carbocycles. The number of fused-ring (bicyclic) bond motifs is 2. The molecule has 1 unspecified atom stereocenters. The van der Waals surface area contributed by atoms with Crippen molar-refractivity contribution in [2.45, 2.75) is 51.7 Å². The molecule has 1 aromatic carbocycles. The lowest BCUT2D eigenvalue weighted by Crippen LogP contribution is -2.19. The van der Waals surface area contributed by atoms with E-state index in [-0.39, 0.29) is 6.23 Å². The number of halogens is 1. The highest BCUT2D eigenvalue weighted by atomic mass is 35.5. The Morgan fingerprint density at radius 1 is 1.19 bits per heavy atom. The lowest BCUT2D eigenvalue weighted by atomic mass is 10.2. The zero-order chi connectivity index (χ0) is 21.2. The van der Waals surface area contributed by atoms with Crippen LogP contribution in [-0.4, -0.2) is 31.1 Å². The van der Waals surface area contributed by atoms with Crippen molar-refractivity contribution >= 4 is 44.3 Å². The van der Waals surface area contributed by atoms with Crippen LogP contribution in [0.5, 0.6) is 0 Å². The summed E-state index contributed by atoms with van der Waals surface area (Å²) in [4.78, 5) is 18.8. The molecule has 5 rings (SSSR count). The maximum Gasteiger partial charge on any atom is 0.208 e. The minimum Gasteiger partial charge on any atom is -0.358 e. The quantitative estimate of drug-likeness (QED) is 0.216. The summed E-state index contributed by atoms with van der Waals surface area (Å²) in [6.45, 7) is 2.86. The maximum absolute atomic E-state index is 6.54. The van der Waals surface area contributed by atoms with Crippen LogP contribution in [0.2, 0.25) is 5.15 Å². The zero-order valence-electron chi connectivity index (χ0n) is 17.3. The number of hydrogen-bond acceptors (Lipinski definition) is 6. The molecule has 1 aliphatic rings. The minimum absolute atomic E-state index is 0.160. The maximum atomic E-state index is 6.54. The highest BCUT2D eigenvalue weighted by molar-refractivity contribution is 7.21. The van der Waals surface area contributed by atoms with E-state index in [9.17, 15) is 0 Å². The molecule has 1 saturated heterocycles. The molecule has 1 aliphatic heterocycles. The first-order valence-electron chi connectivity index (χ1n) is 10.7. The Labute approximate surface area is 189 Å². The minimum atomic E-state index is -0.160. The Kier molecular flexibility index (Phi) is 5.86. The van der Waals surface area contributed by atoms with Gasteiger partial charge in [-0.15, -0.1) is 11.3 Å². The molecule has 0 N–H and O–H groups in total. The van der Waals surface area contributed by atoms with Crippen LogP contribution in [0.25, 0.3) is 32.2 Å². The fourth-order valence-corrected chi connectivity index (χ4v) is 4.88. The van der Waals surface area contributed by atoms with Gasteiger partial charge in [0.15, 0.2) is 21.6 Å². The van der Waals surface area contributed by atoms with E-state index in [0.717, 1.165) is 59.6 Å². The molecule has 0 aliphatic carbocycles. The third kappa shape index (κ3) is 4.03. The molecular weight excluding hydrogens is 430 g/mol.